The number of imide groups is 2. The quantitative estimate of drug-likeness (QED) is 0.104. The van der Waals surface area contributed by atoms with Gasteiger partial charge in [0.05, 0.1) is 42.6 Å². The third-order valence-corrected chi connectivity index (χ3v) is 12.9. The predicted octanol–water partition coefficient (Wildman–Crippen LogP) is 2.53. The number of halogens is 1. The van der Waals surface area contributed by atoms with Gasteiger partial charge in [-0.05, 0) is 69.4 Å². The number of nitrogens with one attached hydrogen (secondary N) is 3. The first-order chi connectivity index (χ1) is 30.9. The zero-order valence-corrected chi connectivity index (χ0v) is 35.8. The number of nitrogens with two attached hydrogens (primary N) is 1. The van der Waals surface area contributed by atoms with Gasteiger partial charge in [-0.15, -0.1) is 0 Å². The fraction of sp³-hybridized carbons (Fsp3) is 0.533. The van der Waals surface area contributed by atoms with Crippen LogP contribution in [-0.2, 0) is 19.1 Å². The highest BCUT2D eigenvalue weighted by atomic mass is 19.1. The lowest BCUT2D eigenvalue weighted by Gasteiger charge is -2.36. The van der Waals surface area contributed by atoms with Gasteiger partial charge in [0.1, 0.15) is 18.2 Å². The first-order valence-electron chi connectivity index (χ1n) is 22.0. The molecule has 0 spiro atoms. The molecule has 4 aliphatic heterocycles. The van der Waals surface area contributed by atoms with E-state index in [1.54, 1.807) is 18.2 Å². The largest absolute Gasteiger partial charge is 0.479 e. The van der Waals surface area contributed by atoms with Gasteiger partial charge < -0.3 is 35.5 Å². The van der Waals surface area contributed by atoms with E-state index in [1.165, 1.54) is 13.3 Å². The number of rotatable bonds is 14. The van der Waals surface area contributed by atoms with Crippen molar-refractivity contribution in [3.05, 3.63) is 46.8 Å². The lowest BCUT2D eigenvalue weighted by atomic mass is 9.82. The number of alkyl halides is 1. The Labute approximate surface area is 368 Å². The Morgan fingerprint density at radius 1 is 0.984 bits per heavy atom. The number of ether oxygens (including phenoxy) is 3. The Morgan fingerprint density at radius 3 is 2.48 bits per heavy atom. The van der Waals surface area contributed by atoms with Crippen molar-refractivity contribution in [3.63, 3.8) is 0 Å². The number of benzene rings is 1. The number of methoxy groups -OCH3 is 1. The summed E-state index contributed by atoms with van der Waals surface area (Å²) in [5.41, 5.74) is 7.32. The van der Waals surface area contributed by atoms with Crippen LogP contribution in [0.5, 0.6) is 11.8 Å². The molecule has 0 bridgehead atoms. The molecule has 5 aliphatic rings. The molecule has 0 radical (unpaired) electrons. The maximum Gasteiger partial charge on any atom is 0.272 e. The fourth-order valence-corrected chi connectivity index (χ4v) is 9.46. The number of amides is 6. The van der Waals surface area contributed by atoms with Crippen LogP contribution in [0.2, 0.25) is 0 Å². The van der Waals surface area contributed by atoms with Crippen molar-refractivity contribution in [2.24, 2.45) is 23.5 Å². The monoisotopic (exact) mass is 881 g/mol. The number of hydrogen-bond donors (Lipinski definition) is 4. The van der Waals surface area contributed by atoms with Crippen LogP contribution in [0.1, 0.15) is 101 Å². The molecule has 3 aromatic rings. The van der Waals surface area contributed by atoms with E-state index >= 15 is 0 Å². The third-order valence-electron chi connectivity index (χ3n) is 12.9. The zero-order chi connectivity index (χ0) is 45.1. The second-order valence-electron chi connectivity index (χ2n) is 17.0. The number of pyridine rings is 1. The molecule has 2 aromatic heterocycles. The highest BCUT2D eigenvalue weighted by Gasteiger charge is 2.46. The summed E-state index contributed by atoms with van der Waals surface area (Å²) in [5.74, 6) is 3.11. The summed E-state index contributed by atoms with van der Waals surface area (Å²) in [6.07, 6.45) is 6.36. The number of primary amides is 1. The van der Waals surface area contributed by atoms with E-state index in [4.69, 9.17) is 19.9 Å². The average Bonchev–Trinajstić information content (AvgIpc) is 3.72. The minimum Gasteiger partial charge on any atom is -0.479 e. The number of hydrogen-bond acceptors (Lipinski definition) is 14. The van der Waals surface area contributed by atoms with Crippen LogP contribution in [0, 0.1) is 29.6 Å². The van der Waals surface area contributed by atoms with Gasteiger partial charge in [-0.1, -0.05) is 24.8 Å². The van der Waals surface area contributed by atoms with Crippen molar-refractivity contribution in [2.75, 3.05) is 51.8 Å². The average molecular weight is 882 g/mol. The molecule has 18 nitrogen and oxygen atoms in total. The topological polar surface area (TPSA) is 237 Å². The minimum absolute atomic E-state index is 0.0443. The molecule has 1 saturated carbocycles. The Kier molecular flexibility index (Phi) is 13.3. The smallest absolute Gasteiger partial charge is 0.272 e. The standard InChI is InChI=1S/C45H52FN9O9/c1-3-28-31(50-41(59)35(28)46)23-64-42-37-36(52-38(39(47)57)43(53-37)62-2)26(21-49-42)12-11-24-7-9-25(10-8-24)22-54-18-15-27(16-19-54)63-20-17-48-30-6-4-5-29-34(30)45(61)55(44(29)60)32-13-14-33(56)51-40(32)58/h4-6,21,24-25,27-28,31-32,35,48H,3,7-10,13-20,22-23H2,1-2H3,(H2,47,57)(H,50,59)(H,51,56,58)/t24?,25?,28-,31?,32?,35-/m0/s1. The van der Waals surface area contributed by atoms with Crippen LogP contribution in [-0.4, -0.2) is 131 Å². The zero-order valence-electron chi connectivity index (χ0n) is 35.8. The highest BCUT2D eigenvalue weighted by molar-refractivity contribution is 6.25. The molecule has 6 amide bonds. The molecule has 4 atom stereocenters. The van der Waals surface area contributed by atoms with Crippen molar-refractivity contribution in [2.45, 2.75) is 89.1 Å². The van der Waals surface area contributed by atoms with Gasteiger partial charge >= 0.3 is 0 Å². The molecule has 64 heavy (non-hydrogen) atoms. The van der Waals surface area contributed by atoms with Crippen molar-refractivity contribution < 1.29 is 47.4 Å². The van der Waals surface area contributed by atoms with Crippen molar-refractivity contribution in [1.82, 2.24) is 35.4 Å². The molecule has 1 aromatic carbocycles. The Morgan fingerprint density at radius 2 is 1.77 bits per heavy atom. The van der Waals surface area contributed by atoms with Crippen LogP contribution in [0.25, 0.3) is 11.0 Å². The van der Waals surface area contributed by atoms with Gasteiger partial charge in [-0.3, -0.25) is 39.0 Å². The maximum atomic E-state index is 14.4. The summed E-state index contributed by atoms with van der Waals surface area (Å²) in [6, 6.07) is 3.42. The third kappa shape index (κ3) is 9.20. The summed E-state index contributed by atoms with van der Waals surface area (Å²) in [5, 5.41) is 8.11. The summed E-state index contributed by atoms with van der Waals surface area (Å²) in [7, 11) is 1.34. The second kappa shape index (κ2) is 19.2. The number of nitrogens with zero attached hydrogens (tertiary/aromatic N) is 5. The van der Waals surface area contributed by atoms with Crippen LogP contribution in [0.4, 0.5) is 10.1 Å². The van der Waals surface area contributed by atoms with E-state index in [2.05, 4.69) is 47.6 Å². The van der Waals surface area contributed by atoms with Crippen LogP contribution >= 0.6 is 0 Å². The molecule has 2 unspecified atom stereocenters. The first kappa shape index (κ1) is 44.4. The van der Waals surface area contributed by atoms with Gasteiger partial charge in [0.25, 0.3) is 23.6 Å². The number of carbonyl (C=O) groups is 6. The lowest BCUT2D eigenvalue weighted by molar-refractivity contribution is -0.136. The van der Waals surface area contributed by atoms with Crippen molar-refractivity contribution >= 4 is 52.2 Å². The minimum atomic E-state index is -1.62. The molecular weight excluding hydrogens is 830 g/mol. The molecule has 338 valence electrons. The molecule has 4 fully saturated rings. The number of aromatic nitrogens is 3. The van der Waals surface area contributed by atoms with E-state index in [9.17, 15) is 33.2 Å². The normalized spacial score (nSPS) is 25.1. The van der Waals surface area contributed by atoms with Crippen LogP contribution in [0.3, 0.4) is 0 Å². The van der Waals surface area contributed by atoms with E-state index in [0.717, 1.165) is 63.1 Å². The predicted molar refractivity (Wildman–Crippen MR) is 228 cm³/mol. The van der Waals surface area contributed by atoms with Crippen molar-refractivity contribution in [3.8, 4) is 23.6 Å². The van der Waals surface area contributed by atoms with E-state index in [1.807, 2.05) is 6.92 Å². The first-order valence-corrected chi connectivity index (χ1v) is 22.0. The summed E-state index contributed by atoms with van der Waals surface area (Å²) >= 11 is 0. The number of fused-ring (bicyclic) bond motifs is 2. The Hall–Kier alpha value is -6.26. The summed E-state index contributed by atoms with van der Waals surface area (Å²) in [4.78, 5) is 91.8. The summed E-state index contributed by atoms with van der Waals surface area (Å²) in [6.45, 7) is 5.48. The van der Waals surface area contributed by atoms with Gasteiger partial charge in [0.15, 0.2) is 17.4 Å². The van der Waals surface area contributed by atoms with Gasteiger partial charge in [0.2, 0.25) is 23.6 Å². The van der Waals surface area contributed by atoms with Crippen molar-refractivity contribution in [1.29, 1.82) is 0 Å². The van der Waals surface area contributed by atoms with Gasteiger partial charge in [0, 0.05) is 56.3 Å². The molecule has 1 aliphatic carbocycles. The number of likely N-dealkylation sites (tertiary alicyclic amines) is 1. The van der Waals surface area contributed by atoms with E-state index < -0.39 is 59.6 Å². The molecular formula is C45H52FN9O9. The molecule has 8 rings (SSSR count). The SMILES string of the molecule is CC[C@H]1C(COc2ncc(C#CC3CCC(CN4CCC(OCCNc5cccc6c5C(=O)N(C5CCC(=O)NC5=O)C6=O)CC4)CC3)c3nc(C(N)=O)c(OC)nc23)NC(=O)[C@H]1F. The molecule has 5 N–H and O–H groups in total. The highest BCUT2D eigenvalue weighted by Crippen LogP contribution is 2.34. The number of carbonyl (C=O) groups excluding carboxylic acids is 6. The summed E-state index contributed by atoms with van der Waals surface area (Å²) < 4.78 is 31.9. The van der Waals surface area contributed by atoms with Gasteiger partial charge in [-0.25, -0.2) is 19.3 Å². The molecule has 19 heteroatoms. The fourth-order valence-electron chi connectivity index (χ4n) is 9.46. The Bertz CT molecular complexity index is 2410. The van der Waals surface area contributed by atoms with E-state index in [-0.39, 0.29) is 71.1 Å². The van der Waals surface area contributed by atoms with Crippen LogP contribution in [0.15, 0.2) is 24.4 Å². The molecule has 6 heterocycles. The molecule has 3 saturated heterocycles. The van der Waals surface area contributed by atoms with Gasteiger partial charge in [-0.2, -0.15) is 0 Å². The van der Waals surface area contributed by atoms with E-state index in [0.29, 0.717) is 36.7 Å². The second-order valence-corrected chi connectivity index (χ2v) is 17.0. The maximum absolute atomic E-state index is 14.4. The number of piperidine rings is 2. The lowest BCUT2D eigenvalue weighted by Crippen LogP contribution is -2.54. The van der Waals surface area contributed by atoms with Crippen LogP contribution < -0.4 is 31.2 Å². The Balaban J connectivity index is 0.798. The number of anilines is 1.